The third-order valence-electron chi connectivity index (χ3n) is 4.10. The lowest BCUT2D eigenvalue weighted by Crippen LogP contribution is -2.41. The van der Waals surface area contributed by atoms with E-state index in [0.717, 1.165) is 37.2 Å². The highest BCUT2D eigenvalue weighted by molar-refractivity contribution is 6.33. The number of para-hydroxylation sites is 1. The van der Waals surface area contributed by atoms with E-state index in [9.17, 15) is 4.79 Å². The van der Waals surface area contributed by atoms with Crippen LogP contribution in [-0.2, 0) is 11.3 Å². The highest BCUT2D eigenvalue weighted by atomic mass is 35.5. The number of nitrogens with one attached hydrogen (secondary N) is 1. The smallest absolute Gasteiger partial charge is 0.240 e. The third kappa shape index (κ3) is 2.76. The lowest BCUT2D eigenvalue weighted by atomic mass is 10.1. The topological polar surface area (TPSA) is 58.4 Å². The Hall–Kier alpha value is -1.26. The number of nitrogens with zero attached hydrogens (tertiary/aromatic N) is 1. The van der Waals surface area contributed by atoms with Gasteiger partial charge in [0, 0.05) is 19.1 Å². The van der Waals surface area contributed by atoms with Crippen LogP contribution in [-0.4, -0.2) is 24.5 Å². The number of anilines is 1. The van der Waals surface area contributed by atoms with Gasteiger partial charge < -0.3 is 16.0 Å². The van der Waals surface area contributed by atoms with Crippen LogP contribution in [0.25, 0.3) is 0 Å². The molecular weight excluding hydrogens is 274 g/mol. The van der Waals surface area contributed by atoms with Crippen molar-refractivity contribution in [3.63, 3.8) is 0 Å². The van der Waals surface area contributed by atoms with Crippen molar-refractivity contribution in [2.45, 2.75) is 44.3 Å². The zero-order valence-corrected chi connectivity index (χ0v) is 12.2. The van der Waals surface area contributed by atoms with E-state index in [1.54, 1.807) is 0 Å². The number of nitrogens with two attached hydrogens (primary N) is 1. The van der Waals surface area contributed by atoms with Crippen molar-refractivity contribution in [3.8, 4) is 0 Å². The summed E-state index contributed by atoms with van der Waals surface area (Å²) in [5.74, 6) is -0.261. The summed E-state index contributed by atoms with van der Waals surface area (Å²) in [6.45, 7) is 1.64. The second kappa shape index (κ2) is 5.62. The molecule has 108 valence electrons. The van der Waals surface area contributed by atoms with E-state index in [-0.39, 0.29) is 11.9 Å². The molecule has 1 atom stereocenters. The van der Waals surface area contributed by atoms with Gasteiger partial charge in [-0.1, -0.05) is 23.7 Å². The summed E-state index contributed by atoms with van der Waals surface area (Å²) in [5, 5.41) is 4.21. The van der Waals surface area contributed by atoms with Crippen LogP contribution in [0.4, 0.5) is 5.69 Å². The van der Waals surface area contributed by atoms with Crippen LogP contribution in [0.1, 0.15) is 31.2 Å². The molecule has 3 N–H and O–H groups in total. The standard InChI is InChI=1S/C15H20ClN3O/c16-12-4-1-3-10(9-18-11-6-7-11)14(12)19-8-2-5-13(19)15(17)20/h1,3-4,11,13,18H,2,5-9H2,(H2,17,20). The highest BCUT2D eigenvalue weighted by Crippen LogP contribution is 2.35. The summed E-state index contributed by atoms with van der Waals surface area (Å²) >= 11 is 6.39. The summed E-state index contributed by atoms with van der Waals surface area (Å²) in [6.07, 6.45) is 4.30. The van der Waals surface area contributed by atoms with E-state index in [0.29, 0.717) is 11.1 Å². The van der Waals surface area contributed by atoms with Crippen LogP contribution in [0, 0.1) is 0 Å². The van der Waals surface area contributed by atoms with Crippen molar-refractivity contribution in [3.05, 3.63) is 28.8 Å². The van der Waals surface area contributed by atoms with Crippen LogP contribution in [0.2, 0.25) is 5.02 Å². The molecule has 1 heterocycles. The maximum Gasteiger partial charge on any atom is 0.240 e. The Kier molecular flexibility index (Phi) is 3.85. The van der Waals surface area contributed by atoms with Gasteiger partial charge in [-0.2, -0.15) is 0 Å². The van der Waals surface area contributed by atoms with Gasteiger partial charge in [-0.25, -0.2) is 0 Å². The number of primary amides is 1. The Morgan fingerprint density at radius 1 is 1.40 bits per heavy atom. The minimum Gasteiger partial charge on any atom is -0.368 e. The summed E-state index contributed by atoms with van der Waals surface area (Å²) in [7, 11) is 0. The number of carbonyl (C=O) groups excluding carboxylic acids is 1. The number of hydrogen-bond donors (Lipinski definition) is 2. The van der Waals surface area contributed by atoms with Crippen LogP contribution in [0.15, 0.2) is 18.2 Å². The Morgan fingerprint density at radius 3 is 2.90 bits per heavy atom. The first kappa shape index (κ1) is 13.7. The average Bonchev–Trinajstić information content (AvgIpc) is 3.12. The molecule has 0 spiro atoms. The SMILES string of the molecule is NC(=O)C1CCCN1c1c(Cl)cccc1CNC1CC1. The lowest BCUT2D eigenvalue weighted by molar-refractivity contribution is -0.119. The Bertz CT molecular complexity index is 516. The van der Waals surface area contributed by atoms with E-state index < -0.39 is 0 Å². The van der Waals surface area contributed by atoms with Crippen molar-refractivity contribution in [1.82, 2.24) is 5.32 Å². The molecule has 0 aromatic heterocycles. The highest BCUT2D eigenvalue weighted by Gasteiger charge is 2.32. The molecule has 1 aromatic carbocycles. The second-order valence-corrected chi connectivity index (χ2v) is 6.06. The summed E-state index contributed by atoms with van der Waals surface area (Å²) in [4.78, 5) is 13.7. The molecule has 2 aliphatic rings. The van der Waals surface area contributed by atoms with Crippen molar-refractivity contribution in [2.75, 3.05) is 11.4 Å². The van der Waals surface area contributed by atoms with Gasteiger partial charge in [0.15, 0.2) is 0 Å². The molecule has 1 unspecified atom stereocenters. The normalized spacial score (nSPS) is 22.2. The quantitative estimate of drug-likeness (QED) is 0.873. The zero-order valence-electron chi connectivity index (χ0n) is 11.4. The monoisotopic (exact) mass is 293 g/mol. The number of amides is 1. The van der Waals surface area contributed by atoms with Crippen molar-refractivity contribution < 1.29 is 4.79 Å². The van der Waals surface area contributed by atoms with Gasteiger partial charge in [0.1, 0.15) is 6.04 Å². The molecule has 1 aliphatic heterocycles. The first-order valence-electron chi connectivity index (χ1n) is 7.23. The number of rotatable bonds is 5. The first-order valence-corrected chi connectivity index (χ1v) is 7.61. The lowest BCUT2D eigenvalue weighted by Gasteiger charge is -2.28. The molecule has 1 saturated heterocycles. The fourth-order valence-corrected chi connectivity index (χ4v) is 3.20. The van der Waals surface area contributed by atoms with Gasteiger partial charge >= 0.3 is 0 Å². The molecule has 1 aliphatic carbocycles. The summed E-state index contributed by atoms with van der Waals surface area (Å²) in [6, 6.07) is 6.34. The maximum absolute atomic E-state index is 11.6. The van der Waals surface area contributed by atoms with Crippen molar-refractivity contribution in [2.24, 2.45) is 5.73 Å². The van der Waals surface area contributed by atoms with Gasteiger partial charge in [0.25, 0.3) is 0 Å². The van der Waals surface area contributed by atoms with Gasteiger partial charge in [0.2, 0.25) is 5.91 Å². The van der Waals surface area contributed by atoms with E-state index in [2.05, 4.69) is 16.3 Å². The number of carbonyl (C=O) groups is 1. The van der Waals surface area contributed by atoms with Crippen molar-refractivity contribution >= 4 is 23.2 Å². The molecular formula is C15H20ClN3O. The van der Waals surface area contributed by atoms with E-state index in [1.165, 1.54) is 12.8 Å². The number of benzene rings is 1. The molecule has 0 radical (unpaired) electrons. The predicted octanol–water partition coefficient (Wildman–Crippen LogP) is 2.05. The van der Waals surface area contributed by atoms with Gasteiger partial charge in [0.05, 0.1) is 10.7 Å². The Morgan fingerprint density at radius 2 is 2.20 bits per heavy atom. The van der Waals surface area contributed by atoms with E-state index in [1.807, 2.05) is 12.1 Å². The van der Waals surface area contributed by atoms with Gasteiger partial charge in [-0.3, -0.25) is 4.79 Å². The van der Waals surface area contributed by atoms with Gasteiger partial charge in [-0.05, 0) is 37.3 Å². The molecule has 2 fully saturated rings. The number of hydrogen-bond acceptors (Lipinski definition) is 3. The number of halogens is 1. The van der Waals surface area contributed by atoms with E-state index in [4.69, 9.17) is 17.3 Å². The van der Waals surface area contributed by atoms with Crippen LogP contribution >= 0.6 is 11.6 Å². The molecule has 20 heavy (non-hydrogen) atoms. The second-order valence-electron chi connectivity index (χ2n) is 5.66. The minimum atomic E-state index is -0.261. The molecule has 3 rings (SSSR count). The summed E-state index contributed by atoms with van der Waals surface area (Å²) in [5.41, 5.74) is 7.64. The average molecular weight is 294 g/mol. The fourth-order valence-electron chi connectivity index (χ4n) is 2.90. The minimum absolute atomic E-state index is 0.227. The largest absolute Gasteiger partial charge is 0.368 e. The third-order valence-corrected chi connectivity index (χ3v) is 4.40. The van der Waals surface area contributed by atoms with E-state index >= 15 is 0 Å². The van der Waals surface area contributed by atoms with Crippen LogP contribution in [0.5, 0.6) is 0 Å². The molecule has 5 heteroatoms. The molecule has 1 aromatic rings. The zero-order chi connectivity index (χ0) is 14.1. The van der Waals surface area contributed by atoms with Crippen molar-refractivity contribution in [1.29, 1.82) is 0 Å². The maximum atomic E-state index is 11.6. The fraction of sp³-hybridized carbons (Fsp3) is 0.533. The Labute approximate surface area is 124 Å². The van der Waals surface area contributed by atoms with Crippen LogP contribution in [0.3, 0.4) is 0 Å². The van der Waals surface area contributed by atoms with Gasteiger partial charge in [-0.15, -0.1) is 0 Å². The molecule has 4 nitrogen and oxygen atoms in total. The molecule has 1 amide bonds. The Balaban J connectivity index is 1.87. The molecule has 0 bridgehead atoms. The predicted molar refractivity (Wildman–Crippen MR) is 80.9 cm³/mol. The molecule has 1 saturated carbocycles. The summed E-state index contributed by atoms with van der Waals surface area (Å²) < 4.78 is 0. The van der Waals surface area contributed by atoms with Crippen LogP contribution < -0.4 is 16.0 Å². The first-order chi connectivity index (χ1) is 9.66.